The Kier molecular flexibility index (Phi) is 7.77. The molecule has 1 aliphatic heterocycles. The summed E-state index contributed by atoms with van der Waals surface area (Å²) in [5.41, 5.74) is 8.59. The fourth-order valence-electron chi connectivity index (χ4n) is 7.51. The smallest absolute Gasteiger partial charge is 0.172 e. The molecule has 54 heavy (non-hydrogen) atoms. The maximum atomic E-state index is 6.54. The van der Waals surface area contributed by atoms with Gasteiger partial charge in [0.05, 0.1) is 17.1 Å². The summed E-state index contributed by atoms with van der Waals surface area (Å²) in [6, 6.07) is 71.9. The third-order valence-corrected chi connectivity index (χ3v) is 10.1. The molecule has 4 nitrogen and oxygen atoms in total. The van der Waals surface area contributed by atoms with E-state index in [1.54, 1.807) is 0 Å². The zero-order chi connectivity index (χ0) is 35.8. The number of anilines is 6. The van der Waals surface area contributed by atoms with Crippen molar-refractivity contribution in [3.63, 3.8) is 0 Å². The van der Waals surface area contributed by atoms with E-state index < -0.39 is 0 Å². The van der Waals surface area contributed by atoms with Gasteiger partial charge < -0.3 is 19.3 Å². The lowest BCUT2D eigenvalue weighted by atomic mass is 10.0. The Balaban J connectivity index is 0.963. The van der Waals surface area contributed by atoms with Crippen molar-refractivity contribution in [2.24, 2.45) is 0 Å². The van der Waals surface area contributed by atoms with Gasteiger partial charge in [-0.25, -0.2) is 0 Å². The molecular formula is C50H34N2O2. The maximum absolute atomic E-state index is 6.54. The minimum atomic E-state index is 0.674. The molecule has 0 saturated carbocycles. The first-order chi connectivity index (χ1) is 26.8. The third kappa shape index (κ3) is 5.67. The number of fused-ring (bicyclic) bond motifs is 4. The molecule has 4 heteroatoms. The number of benzene rings is 9. The highest BCUT2D eigenvalue weighted by Crippen LogP contribution is 2.50. The zero-order valence-corrected chi connectivity index (χ0v) is 29.3. The SMILES string of the molecule is c1ccc(N(c2ccc(-c3ccc4c(c3)Oc3ccc(N(c5ccccc5)c5cccc6ccccc56)cc3O4)cc2)c2cccc3ccccc23)cc1. The fraction of sp³-hybridized carbons (Fsp3) is 0. The van der Waals surface area contributed by atoms with Crippen LogP contribution in [-0.4, -0.2) is 0 Å². The second-order valence-electron chi connectivity index (χ2n) is 13.4. The van der Waals surface area contributed by atoms with Crippen LogP contribution in [-0.2, 0) is 0 Å². The monoisotopic (exact) mass is 694 g/mol. The standard InChI is InChI=1S/C50H34N2O2/c1-3-17-39(18-4-1)51(45-23-11-15-36-13-7-9-21-43(36)45)41-28-25-35(26-29-41)38-27-31-47-49(33-38)53-48-32-30-42(34-50(48)54-47)52(40-19-5-2-6-20-40)46-24-12-16-37-14-8-10-22-44(37)46/h1-34H. The maximum Gasteiger partial charge on any atom is 0.172 e. The summed E-state index contributed by atoms with van der Waals surface area (Å²) in [7, 11) is 0. The number of para-hydroxylation sites is 2. The van der Waals surface area contributed by atoms with Gasteiger partial charge in [0.1, 0.15) is 0 Å². The Labute approximate surface area is 314 Å². The molecule has 0 aliphatic carbocycles. The first-order valence-corrected chi connectivity index (χ1v) is 18.2. The molecule has 0 bridgehead atoms. The number of ether oxygens (including phenoxy) is 2. The van der Waals surface area contributed by atoms with Gasteiger partial charge in [0, 0.05) is 33.9 Å². The third-order valence-electron chi connectivity index (χ3n) is 10.1. The van der Waals surface area contributed by atoms with E-state index in [1.807, 2.05) is 18.2 Å². The van der Waals surface area contributed by atoms with Gasteiger partial charge in [0.2, 0.25) is 0 Å². The summed E-state index contributed by atoms with van der Waals surface area (Å²) in [6.07, 6.45) is 0. The zero-order valence-electron chi connectivity index (χ0n) is 29.3. The van der Waals surface area contributed by atoms with E-state index in [0.717, 1.165) is 45.3 Å². The minimum absolute atomic E-state index is 0.674. The number of nitrogens with zero attached hydrogens (tertiary/aromatic N) is 2. The van der Waals surface area contributed by atoms with Gasteiger partial charge in [-0.2, -0.15) is 0 Å². The number of hydrogen-bond acceptors (Lipinski definition) is 4. The molecule has 9 aromatic carbocycles. The number of hydrogen-bond donors (Lipinski definition) is 0. The Morgan fingerprint density at radius 3 is 1.30 bits per heavy atom. The molecule has 0 atom stereocenters. The minimum Gasteiger partial charge on any atom is -0.449 e. The van der Waals surface area contributed by atoms with Gasteiger partial charge in [-0.15, -0.1) is 0 Å². The molecule has 0 saturated heterocycles. The quantitative estimate of drug-likeness (QED) is 0.166. The van der Waals surface area contributed by atoms with Crippen LogP contribution in [0.1, 0.15) is 0 Å². The van der Waals surface area contributed by atoms with E-state index in [9.17, 15) is 0 Å². The van der Waals surface area contributed by atoms with Crippen molar-refractivity contribution >= 4 is 55.7 Å². The molecule has 0 spiro atoms. The van der Waals surface area contributed by atoms with Crippen LogP contribution in [0.25, 0.3) is 32.7 Å². The largest absolute Gasteiger partial charge is 0.449 e. The Hall–Kier alpha value is -7.30. The van der Waals surface area contributed by atoms with Crippen LogP contribution in [0.15, 0.2) is 206 Å². The lowest BCUT2D eigenvalue weighted by molar-refractivity contribution is 0.360. The van der Waals surface area contributed by atoms with E-state index in [-0.39, 0.29) is 0 Å². The lowest BCUT2D eigenvalue weighted by Crippen LogP contribution is -2.11. The average molecular weight is 695 g/mol. The molecular weight excluding hydrogens is 661 g/mol. The summed E-state index contributed by atoms with van der Waals surface area (Å²) in [5.74, 6) is 2.72. The van der Waals surface area contributed by atoms with Crippen molar-refractivity contribution in [3.8, 4) is 34.1 Å². The van der Waals surface area contributed by atoms with Crippen LogP contribution in [0.4, 0.5) is 34.1 Å². The summed E-state index contributed by atoms with van der Waals surface area (Å²) >= 11 is 0. The van der Waals surface area contributed by atoms with Crippen LogP contribution in [0.3, 0.4) is 0 Å². The predicted octanol–water partition coefficient (Wildman–Crippen LogP) is 14.5. The molecule has 0 radical (unpaired) electrons. The van der Waals surface area contributed by atoms with Gasteiger partial charge in [-0.05, 0) is 94.7 Å². The number of rotatable bonds is 7. The topological polar surface area (TPSA) is 24.9 Å². The van der Waals surface area contributed by atoms with Crippen LogP contribution >= 0.6 is 0 Å². The van der Waals surface area contributed by atoms with Gasteiger partial charge in [-0.1, -0.05) is 127 Å². The van der Waals surface area contributed by atoms with Crippen molar-refractivity contribution in [2.45, 2.75) is 0 Å². The Bertz CT molecular complexity index is 2770. The molecule has 0 N–H and O–H groups in total. The molecule has 0 unspecified atom stereocenters. The fourth-order valence-corrected chi connectivity index (χ4v) is 7.51. The Morgan fingerprint density at radius 1 is 0.278 bits per heavy atom. The predicted molar refractivity (Wildman–Crippen MR) is 223 cm³/mol. The molecule has 1 heterocycles. The molecule has 10 rings (SSSR count). The van der Waals surface area contributed by atoms with Crippen LogP contribution in [0.2, 0.25) is 0 Å². The van der Waals surface area contributed by atoms with Gasteiger partial charge in [-0.3, -0.25) is 0 Å². The van der Waals surface area contributed by atoms with Gasteiger partial charge in [0.25, 0.3) is 0 Å². The molecule has 1 aliphatic rings. The van der Waals surface area contributed by atoms with Crippen molar-refractivity contribution in [1.82, 2.24) is 0 Å². The summed E-state index contributed by atoms with van der Waals surface area (Å²) < 4.78 is 13.1. The highest BCUT2D eigenvalue weighted by molar-refractivity contribution is 6.00. The van der Waals surface area contributed by atoms with Gasteiger partial charge >= 0.3 is 0 Å². The summed E-state index contributed by atoms with van der Waals surface area (Å²) in [5, 5.41) is 4.77. The molecule has 9 aromatic rings. The van der Waals surface area contributed by atoms with E-state index in [4.69, 9.17) is 9.47 Å². The normalized spacial score (nSPS) is 11.6. The average Bonchev–Trinajstić information content (AvgIpc) is 3.24. The van der Waals surface area contributed by atoms with Crippen LogP contribution in [0, 0.1) is 0 Å². The highest BCUT2D eigenvalue weighted by atomic mass is 16.6. The van der Waals surface area contributed by atoms with Crippen molar-refractivity contribution in [2.75, 3.05) is 9.80 Å². The van der Waals surface area contributed by atoms with Crippen LogP contribution in [0.5, 0.6) is 23.0 Å². The second-order valence-corrected chi connectivity index (χ2v) is 13.4. The van der Waals surface area contributed by atoms with E-state index in [0.29, 0.717) is 23.0 Å². The second kappa shape index (κ2) is 13.4. The van der Waals surface area contributed by atoms with E-state index >= 15 is 0 Å². The van der Waals surface area contributed by atoms with E-state index in [2.05, 4.69) is 198 Å². The summed E-state index contributed by atoms with van der Waals surface area (Å²) in [6.45, 7) is 0. The summed E-state index contributed by atoms with van der Waals surface area (Å²) in [4.78, 5) is 4.59. The van der Waals surface area contributed by atoms with Gasteiger partial charge in [0.15, 0.2) is 23.0 Å². The van der Waals surface area contributed by atoms with Crippen molar-refractivity contribution < 1.29 is 9.47 Å². The lowest BCUT2D eigenvalue weighted by Gasteiger charge is -2.28. The Morgan fingerprint density at radius 2 is 0.704 bits per heavy atom. The van der Waals surface area contributed by atoms with E-state index in [1.165, 1.54) is 21.5 Å². The molecule has 0 fully saturated rings. The molecule has 256 valence electrons. The first-order valence-electron chi connectivity index (χ1n) is 18.2. The molecule has 0 amide bonds. The molecule has 0 aromatic heterocycles. The highest BCUT2D eigenvalue weighted by Gasteiger charge is 2.23. The first kappa shape index (κ1) is 31.4. The van der Waals surface area contributed by atoms with Crippen molar-refractivity contribution in [3.05, 3.63) is 206 Å². The van der Waals surface area contributed by atoms with Crippen LogP contribution < -0.4 is 19.3 Å². The van der Waals surface area contributed by atoms with Crippen molar-refractivity contribution in [1.29, 1.82) is 0 Å².